The van der Waals surface area contributed by atoms with E-state index in [2.05, 4.69) is 6.58 Å². The minimum atomic E-state index is -0.232. The van der Waals surface area contributed by atoms with E-state index in [1.165, 1.54) is 0 Å². The van der Waals surface area contributed by atoms with Crippen molar-refractivity contribution in [2.75, 3.05) is 0 Å². The van der Waals surface area contributed by atoms with Gasteiger partial charge in [-0.15, -0.1) is 19.0 Å². The third kappa shape index (κ3) is 8.82. The molecular formula is C3H8Cl2Si. The van der Waals surface area contributed by atoms with Crippen LogP contribution in [0, 0.1) is 0 Å². The van der Waals surface area contributed by atoms with Crippen LogP contribution in [0.15, 0.2) is 12.7 Å². The summed E-state index contributed by atoms with van der Waals surface area (Å²) in [5.74, 6) is 0. The first-order valence-electron chi connectivity index (χ1n) is 1.58. The summed E-state index contributed by atoms with van der Waals surface area (Å²) in [4.78, 5) is 0. The molecule has 0 bridgehead atoms. The van der Waals surface area contributed by atoms with E-state index in [1.807, 2.05) is 6.08 Å². The molecule has 38 valence electrons. The lowest BCUT2D eigenvalue weighted by molar-refractivity contribution is 1.75. The molecule has 3 heteroatoms. The molecule has 0 saturated carbocycles. The van der Waals surface area contributed by atoms with Gasteiger partial charge in [-0.05, 0) is 6.04 Å². The van der Waals surface area contributed by atoms with Gasteiger partial charge in [0.2, 0.25) is 0 Å². The van der Waals surface area contributed by atoms with Crippen LogP contribution in [0.3, 0.4) is 0 Å². The van der Waals surface area contributed by atoms with Crippen molar-refractivity contribution >= 4 is 32.3 Å². The predicted octanol–water partition coefficient (Wildman–Crippen LogP) is 1.34. The molecule has 0 aromatic heterocycles. The summed E-state index contributed by atoms with van der Waals surface area (Å²) in [6.45, 7) is 3.50. The molecule has 0 aromatic carbocycles. The lowest BCUT2D eigenvalue weighted by Gasteiger charge is -1.68. The molecule has 0 rings (SSSR count). The number of hydrogen-bond donors (Lipinski definition) is 0. The zero-order valence-corrected chi connectivity index (χ0v) is 6.47. The summed E-state index contributed by atoms with van der Waals surface area (Å²) in [7, 11) is -0.232. The summed E-state index contributed by atoms with van der Waals surface area (Å²) in [5, 5.41) is 0. The van der Waals surface area contributed by atoms with Crippen molar-refractivity contribution in [1.82, 2.24) is 0 Å². The van der Waals surface area contributed by atoms with Gasteiger partial charge in [0, 0.05) is 0 Å². The minimum Gasteiger partial charge on any atom is -0.176 e. The quantitative estimate of drug-likeness (QED) is 0.311. The molecule has 0 fully saturated rings. The second-order valence-corrected chi connectivity index (χ2v) is 2.86. The van der Waals surface area contributed by atoms with Crippen LogP contribution in [0.1, 0.15) is 0 Å². The maximum atomic E-state index is 5.37. The highest BCUT2D eigenvalue weighted by atomic mass is 35.6. The summed E-state index contributed by atoms with van der Waals surface area (Å²) < 4.78 is 0. The van der Waals surface area contributed by atoms with Crippen LogP contribution in [-0.4, -0.2) is 8.83 Å². The van der Waals surface area contributed by atoms with E-state index >= 15 is 0 Å². The molecule has 0 amide bonds. The van der Waals surface area contributed by atoms with Gasteiger partial charge in [0.1, 0.15) is 8.83 Å². The number of allylic oxidation sites excluding steroid dienone is 1. The van der Waals surface area contributed by atoms with Crippen molar-refractivity contribution in [3.63, 3.8) is 0 Å². The Hall–Kier alpha value is 0.537. The second-order valence-electron chi connectivity index (χ2n) is 0.766. The fraction of sp³-hybridized carbons (Fsp3) is 0.333. The smallest absolute Gasteiger partial charge is 0.129 e. The zero-order valence-electron chi connectivity index (χ0n) is 3.48. The molecule has 0 spiro atoms. The molecule has 0 nitrogen and oxygen atoms in total. The highest BCUT2D eigenvalue weighted by molar-refractivity contribution is 6.93. The summed E-state index contributed by atoms with van der Waals surface area (Å²) in [6, 6.07) is 1.06. The third-order valence-corrected chi connectivity index (χ3v) is 1.59. The Balaban J connectivity index is 0. The number of hydrogen-bond acceptors (Lipinski definition) is 0. The van der Waals surface area contributed by atoms with Crippen molar-refractivity contribution in [3.05, 3.63) is 12.7 Å². The molecule has 0 unspecified atom stereocenters. The SMILES string of the molecule is C=CC[SiH2]Cl.Cl. The first-order valence-corrected chi connectivity index (χ1v) is 4.72. The Morgan fingerprint density at radius 2 is 2.33 bits per heavy atom. The molecule has 0 saturated heterocycles. The molecular weight excluding hydrogens is 135 g/mol. The molecule has 0 aliphatic carbocycles. The van der Waals surface area contributed by atoms with E-state index in [9.17, 15) is 0 Å². The highest BCUT2D eigenvalue weighted by Crippen LogP contribution is 1.78. The number of rotatable bonds is 2. The Kier molecular flexibility index (Phi) is 14.8. The van der Waals surface area contributed by atoms with E-state index < -0.39 is 0 Å². The monoisotopic (exact) mass is 142 g/mol. The molecule has 0 atom stereocenters. The number of halogens is 2. The van der Waals surface area contributed by atoms with Gasteiger partial charge < -0.3 is 0 Å². The maximum absolute atomic E-state index is 5.37. The molecule has 6 heavy (non-hydrogen) atoms. The predicted molar refractivity (Wildman–Crippen MR) is 36.6 cm³/mol. The van der Waals surface area contributed by atoms with Gasteiger partial charge in [0.15, 0.2) is 0 Å². The summed E-state index contributed by atoms with van der Waals surface area (Å²) >= 11 is 5.37. The largest absolute Gasteiger partial charge is 0.176 e. The fourth-order valence-electron chi connectivity index (χ4n) is 0.0772. The van der Waals surface area contributed by atoms with E-state index in [0.717, 1.165) is 6.04 Å². The highest BCUT2D eigenvalue weighted by Gasteiger charge is 1.66. The fourth-order valence-corrected chi connectivity index (χ4v) is 0.694. The van der Waals surface area contributed by atoms with Crippen molar-refractivity contribution in [3.8, 4) is 0 Å². The van der Waals surface area contributed by atoms with Crippen LogP contribution in [0.25, 0.3) is 0 Å². The Morgan fingerprint density at radius 1 is 1.83 bits per heavy atom. The topological polar surface area (TPSA) is 0 Å². The second kappa shape index (κ2) is 9.11. The Labute approximate surface area is 51.5 Å². The first-order chi connectivity index (χ1) is 2.41. The van der Waals surface area contributed by atoms with Gasteiger partial charge in [-0.25, -0.2) is 0 Å². The van der Waals surface area contributed by atoms with Crippen LogP contribution in [-0.2, 0) is 0 Å². The lowest BCUT2D eigenvalue weighted by atomic mass is 10.8. The van der Waals surface area contributed by atoms with Crippen LogP contribution < -0.4 is 0 Å². The zero-order chi connectivity index (χ0) is 4.12. The Morgan fingerprint density at radius 3 is 2.33 bits per heavy atom. The minimum absolute atomic E-state index is 0. The standard InChI is InChI=1S/C3H7ClSi.ClH/c1-2-3-5-4;/h2H,1,3,5H2;1H. The van der Waals surface area contributed by atoms with Gasteiger partial charge in [-0.2, -0.15) is 11.1 Å². The third-order valence-electron chi connectivity index (χ3n) is 0.313. The van der Waals surface area contributed by atoms with Crippen LogP contribution in [0.4, 0.5) is 0 Å². The summed E-state index contributed by atoms with van der Waals surface area (Å²) in [5.41, 5.74) is 0. The molecule has 0 aliphatic rings. The van der Waals surface area contributed by atoms with Crippen molar-refractivity contribution in [2.24, 2.45) is 0 Å². The van der Waals surface area contributed by atoms with Gasteiger partial charge in [-0.3, -0.25) is 0 Å². The summed E-state index contributed by atoms with van der Waals surface area (Å²) in [6.07, 6.45) is 1.86. The van der Waals surface area contributed by atoms with E-state index in [4.69, 9.17) is 11.1 Å². The van der Waals surface area contributed by atoms with Gasteiger partial charge in [0.05, 0.1) is 0 Å². The first kappa shape index (κ1) is 9.74. The average molecular weight is 143 g/mol. The van der Waals surface area contributed by atoms with Crippen LogP contribution in [0.5, 0.6) is 0 Å². The van der Waals surface area contributed by atoms with Crippen molar-refractivity contribution < 1.29 is 0 Å². The van der Waals surface area contributed by atoms with Gasteiger partial charge in [0.25, 0.3) is 0 Å². The molecule has 0 aromatic rings. The van der Waals surface area contributed by atoms with Crippen LogP contribution >= 0.6 is 23.5 Å². The van der Waals surface area contributed by atoms with E-state index in [-0.39, 0.29) is 21.2 Å². The van der Waals surface area contributed by atoms with Crippen molar-refractivity contribution in [2.45, 2.75) is 6.04 Å². The van der Waals surface area contributed by atoms with E-state index in [0.29, 0.717) is 0 Å². The molecule has 0 N–H and O–H groups in total. The van der Waals surface area contributed by atoms with Gasteiger partial charge in [-0.1, -0.05) is 6.08 Å². The molecule has 0 aliphatic heterocycles. The van der Waals surface area contributed by atoms with Gasteiger partial charge >= 0.3 is 0 Å². The molecule has 0 heterocycles. The maximum Gasteiger partial charge on any atom is 0.129 e. The Bertz CT molecular complexity index is 30.0. The molecule has 0 radical (unpaired) electrons. The lowest BCUT2D eigenvalue weighted by Crippen LogP contribution is -1.64. The normalized spacial score (nSPS) is 8.17. The van der Waals surface area contributed by atoms with Crippen molar-refractivity contribution in [1.29, 1.82) is 0 Å². The van der Waals surface area contributed by atoms with E-state index in [1.54, 1.807) is 0 Å². The van der Waals surface area contributed by atoms with Crippen LogP contribution in [0.2, 0.25) is 6.04 Å². The average Bonchev–Trinajstić information content (AvgIpc) is 1.41.